The van der Waals surface area contributed by atoms with Crippen LogP contribution in [0.25, 0.3) is 0 Å². The summed E-state index contributed by atoms with van der Waals surface area (Å²) < 4.78 is 40.3. The molecule has 9 nitrogen and oxygen atoms in total. The third-order valence-electron chi connectivity index (χ3n) is 6.60. The summed E-state index contributed by atoms with van der Waals surface area (Å²) in [6, 6.07) is 19.6. The average Bonchev–Trinajstić information content (AvgIpc) is 2.96. The molecule has 0 aliphatic carbocycles. The molecule has 0 unspecified atom stereocenters. The summed E-state index contributed by atoms with van der Waals surface area (Å²) in [4.78, 5) is 28.6. The van der Waals surface area contributed by atoms with E-state index in [1.165, 1.54) is 17.0 Å². The summed E-state index contributed by atoms with van der Waals surface area (Å²) >= 11 is 0. The van der Waals surface area contributed by atoms with E-state index in [9.17, 15) is 18.0 Å². The Hall–Kier alpha value is -4.05. The van der Waals surface area contributed by atoms with Gasteiger partial charge in [-0.2, -0.15) is 0 Å². The number of benzene rings is 3. The van der Waals surface area contributed by atoms with Gasteiger partial charge in [0.2, 0.25) is 11.8 Å². The van der Waals surface area contributed by atoms with Crippen molar-refractivity contribution in [1.82, 2.24) is 10.2 Å². The van der Waals surface area contributed by atoms with Gasteiger partial charge in [-0.1, -0.05) is 55.0 Å². The van der Waals surface area contributed by atoms with Crippen LogP contribution in [-0.2, 0) is 26.2 Å². The van der Waals surface area contributed by atoms with E-state index in [0.717, 1.165) is 15.4 Å². The highest BCUT2D eigenvalue weighted by Gasteiger charge is 2.34. The van der Waals surface area contributed by atoms with Crippen LogP contribution >= 0.6 is 0 Å². The van der Waals surface area contributed by atoms with E-state index in [2.05, 4.69) is 5.32 Å². The van der Waals surface area contributed by atoms with E-state index in [1.54, 1.807) is 36.4 Å². The Morgan fingerprint density at radius 1 is 0.925 bits per heavy atom. The molecule has 1 aliphatic heterocycles. The van der Waals surface area contributed by atoms with Crippen LogP contribution in [0.3, 0.4) is 0 Å². The highest BCUT2D eigenvalue weighted by atomic mass is 32.2. The highest BCUT2D eigenvalue weighted by molar-refractivity contribution is 7.92. The first kappa shape index (κ1) is 28.9. The van der Waals surface area contributed by atoms with Gasteiger partial charge in [-0.25, -0.2) is 8.42 Å². The first-order chi connectivity index (χ1) is 19.2. The zero-order valence-electron chi connectivity index (χ0n) is 23.0. The second-order valence-electron chi connectivity index (χ2n) is 9.48. The molecule has 0 spiro atoms. The molecule has 1 heterocycles. The van der Waals surface area contributed by atoms with E-state index in [1.807, 2.05) is 45.0 Å². The van der Waals surface area contributed by atoms with Crippen molar-refractivity contribution in [2.75, 3.05) is 30.6 Å². The Labute approximate surface area is 235 Å². The molecule has 212 valence electrons. The number of sulfonamides is 1. The summed E-state index contributed by atoms with van der Waals surface area (Å²) in [6.07, 6.45) is 0.360. The predicted molar refractivity (Wildman–Crippen MR) is 153 cm³/mol. The maximum atomic E-state index is 14.1. The van der Waals surface area contributed by atoms with E-state index in [4.69, 9.17) is 9.47 Å². The number of fused-ring (bicyclic) bond motifs is 1. The molecule has 10 heteroatoms. The number of amides is 2. The largest absolute Gasteiger partial charge is 0.486 e. The van der Waals surface area contributed by atoms with Crippen LogP contribution in [0.5, 0.6) is 11.5 Å². The monoisotopic (exact) mass is 565 g/mol. The lowest BCUT2D eigenvalue weighted by atomic mass is 10.1. The molecule has 0 bridgehead atoms. The van der Waals surface area contributed by atoms with Crippen molar-refractivity contribution in [3.8, 4) is 11.5 Å². The molecule has 1 aliphatic rings. The Kier molecular flexibility index (Phi) is 9.31. The fourth-order valence-electron chi connectivity index (χ4n) is 4.65. The Balaban J connectivity index is 1.76. The maximum Gasteiger partial charge on any atom is 0.264 e. The van der Waals surface area contributed by atoms with Gasteiger partial charge in [0.15, 0.2) is 11.5 Å². The number of carbonyl (C=O) groups excluding carboxylic acids is 2. The fraction of sp³-hybridized carbons (Fsp3) is 0.333. The molecular formula is C30H35N3O6S. The van der Waals surface area contributed by atoms with Gasteiger partial charge in [-0.3, -0.25) is 13.9 Å². The SMILES string of the molecule is CCNC(=O)[C@H](CC)N(Cc1cccc(C)c1)C(=O)CN(c1ccc2c(c1)OCCO2)S(=O)(=O)c1ccccc1. The topological polar surface area (TPSA) is 105 Å². The molecule has 3 aromatic carbocycles. The Morgan fingerprint density at radius 3 is 2.33 bits per heavy atom. The third-order valence-corrected chi connectivity index (χ3v) is 8.38. The maximum absolute atomic E-state index is 14.1. The second kappa shape index (κ2) is 12.9. The number of carbonyl (C=O) groups is 2. The number of nitrogens with zero attached hydrogens (tertiary/aromatic N) is 2. The lowest BCUT2D eigenvalue weighted by molar-refractivity contribution is -0.140. The molecule has 40 heavy (non-hydrogen) atoms. The molecule has 0 aromatic heterocycles. The summed E-state index contributed by atoms with van der Waals surface area (Å²) in [7, 11) is -4.16. The molecule has 0 saturated heterocycles. The third kappa shape index (κ3) is 6.56. The number of ether oxygens (including phenoxy) is 2. The molecule has 3 aromatic rings. The van der Waals surface area contributed by atoms with Crippen LogP contribution < -0.4 is 19.1 Å². The molecule has 1 atom stereocenters. The van der Waals surface area contributed by atoms with Gasteiger partial charge in [0.1, 0.15) is 25.8 Å². The zero-order valence-corrected chi connectivity index (χ0v) is 23.8. The van der Waals surface area contributed by atoms with Crippen molar-refractivity contribution in [2.45, 2.75) is 44.7 Å². The van der Waals surface area contributed by atoms with Gasteiger partial charge in [0.05, 0.1) is 10.6 Å². The summed E-state index contributed by atoms with van der Waals surface area (Å²) in [5, 5.41) is 2.81. The van der Waals surface area contributed by atoms with Crippen LogP contribution in [0.1, 0.15) is 31.4 Å². The molecule has 0 fully saturated rings. The van der Waals surface area contributed by atoms with Crippen LogP contribution in [-0.4, -0.2) is 57.5 Å². The Bertz CT molecular complexity index is 1440. The molecule has 2 amide bonds. The van der Waals surface area contributed by atoms with Crippen LogP contribution in [0.15, 0.2) is 77.7 Å². The standard InChI is InChI=1S/C30H35N3O6S/c1-4-26(30(35)31-5-2)32(20-23-11-9-10-22(3)18-23)29(34)21-33(40(36,37)25-12-7-6-8-13-25)24-14-15-27-28(19-24)39-17-16-38-27/h6-15,18-19,26H,4-5,16-17,20-21H2,1-3H3,(H,31,35)/t26-/m0/s1. The molecule has 1 N–H and O–H groups in total. The lowest BCUT2D eigenvalue weighted by Crippen LogP contribution is -2.52. The lowest BCUT2D eigenvalue weighted by Gasteiger charge is -2.33. The van der Waals surface area contributed by atoms with Crippen LogP contribution in [0, 0.1) is 6.92 Å². The van der Waals surface area contributed by atoms with Crippen molar-refractivity contribution in [2.24, 2.45) is 0 Å². The number of aryl methyl sites for hydroxylation is 1. The minimum atomic E-state index is -4.16. The van der Waals surface area contributed by atoms with Crippen molar-refractivity contribution in [1.29, 1.82) is 0 Å². The number of likely N-dealkylation sites (N-methyl/N-ethyl adjacent to an activating group) is 1. The van der Waals surface area contributed by atoms with Gasteiger partial charge in [0, 0.05) is 19.2 Å². The number of anilines is 1. The Morgan fingerprint density at radius 2 is 1.65 bits per heavy atom. The van der Waals surface area contributed by atoms with E-state index >= 15 is 0 Å². The number of nitrogens with one attached hydrogen (secondary N) is 1. The van der Waals surface area contributed by atoms with Gasteiger partial charge in [-0.15, -0.1) is 0 Å². The number of hydrogen-bond acceptors (Lipinski definition) is 6. The average molecular weight is 566 g/mol. The van der Waals surface area contributed by atoms with Gasteiger partial charge >= 0.3 is 0 Å². The smallest absolute Gasteiger partial charge is 0.264 e. The zero-order chi connectivity index (χ0) is 28.7. The number of rotatable bonds is 11. The first-order valence-corrected chi connectivity index (χ1v) is 14.8. The quantitative estimate of drug-likeness (QED) is 0.378. The van der Waals surface area contributed by atoms with E-state index in [0.29, 0.717) is 37.7 Å². The van der Waals surface area contributed by atoms with Crippen molar-refractivity contribution in [3.63, 3.8) is 0 Å². The second-order valence-corrected chi connectivity index (χ2v) is 11.3. The molecule has 4 rings (SSSR count). The highest BCUT2D eigenvalue weighted by Crippen LogP contribution is 2.36. The first-order valence-electron chi connectivity index (χ1n) is 13.3. The molecular weight excluding hydrogens is 530 g/mol. The van der Waals surface area contributed by atoms with Crippen molar-refractivity contribution < 1.29 is 27.5 Å². The van der Waals surface area contributed by atoms with Crippen LogP contribution in [0.2, 0.25) is 0 Å². The van der Waals surface area contributed by atoms with E-state index < -0.39 is 28.5 Å². The van der Waals surface area contributed by atoms with Crippen LogP contribution in [0.4, 0.5) is 5.69 Å². The van der Waals surface area contributed by atoms with Crippen molar-refractivity contribution >= 4 is 27.5 Å². The predicted octanol–water partition coefficient (Wildman–Crippen LogP) is 3.91. The van der Waals surface area contributed by atoms with Crippen molar-refractivity contribution in [3.05, 3.63) is 83.9 Å². The number of hydrogen-bond donors (Lipinski definition) is 1. The fourth-order valence-corrected chi connectivity index (χ4v) is 6.08. The minimum Gasteiger partial charge on any atom is -0.486 e. The van der Waals surface area contributed by atoms with E-state index in [-0.39, 0.29) is 23.0 Å². The molecule has 0 radical (unpaired) electrons. The summed E-state index contributed by atoms with van der Waals surface area (Å²) in [5.74, 6) is 0.105. The van der Waals surface area contributed by atoms with Gasteiger partial charge in [0.25, 0.3) is 10.0 Å². The summed E-state index contributed by atoms with van der Waals surface area (Å²) in [6.45, 7) is 6.36. The normalized spacial score (nSPS) is 13.3. The minimum absolute atomic E-state index is 0.0405. The van der Waals surface area contributed by atoms with Gasteiger partial charge < -0.3 is 19.7 Å². The summed E-state index contributed by atoms with van der Waals surface area (Å²) in [5.41, 5.74) is 2.11. The van der Waals surface area contributed by atoms with Gasteiger partial charge in [-0.05, 0) is 50.1 Å². The molecule has 0 saturated carbocycles.